The summed E-state index contributed by atoms with van der Waals surface area (Å²) in [6.07, 6.45) is 5.59. The second-order valence-electron chi connectivity index (χ2n) is 7.38. The van der Waals surface area contributed by atoms with Crippen LogP contribution in [0.2, 0.25) is 0 Å². The highest BCUT2D eigenvalue weighted by atomic mass is 16.5. The average Bonchev–Trinajstić information content (AvgIpc) is 3.11. The predicted molar refractivity (Wildman–Crippen MR) is 110 cm³/mol. The Balaban J connectivity index is 1.44. The molecule has 1 aliphatic carbocycles. The van der Waals surface area contributed by atoms with Gasteiger partial charge < -0.3 is 14.6 Å². The minimum atomic E-state index is 0.160. The number of imidazole rings is 1. The summed E-state index contributed by atoms with van der Waals surface area (Å²) < 4.78 is 8.02. The summed E-state index contributed by atoms with van der Waals surface area (Å²) in [6, 6.07) is 17.9. The van der Waals surface area contributed by atoms with E-state index in [0.717, 1.165) is 48.3 Å². The van der Waals surface area contributed by atoms with E-state index in [-0.39, 0.29) is 11.8 Å². The first-order valence-electron chi connectivity index (χ1n) is 10.2. The number of nitrogens with one attached hydrogen (secondary N) is 1. The van der Waals surface area contributed by atoms with E-state index >= 15 is 0 Å². The van der Waals surface area contributed by atoms with Crippen molar-refractivity contribution < 1.29 is 9.53 Å². The standard InChI is InChI=1S/C23H27N3O2/c27-23(18-9-3-1-4-10-18)24-17-22-25-20-13-7-8-14-21(20)26(22)15-16-28-19-11-5-2-6-12-19/h2,5-8,11-14,18H,1,3-4,9-10,15-17H2,(H,24,27). The third-order valence-corrected chi connectivity index (χ3v) is 5.46. The number of aromatic nitrogens is 2. The van der Waals surface area contributed by atoms with Crippen molar-refractivity contribution in [3.8, 4) is 5.75 Å². The summed E-state index contributed by atoms with van der Waals surface area (Å²) in [5.74, 6) is 2.06. The first-order valence-corrected chi connectivity index (χ1v) is 10.2. The molecule has 5 nitrogen and oxygen atoms in total. The van der Waals surface area contributed by atoms with Crippen molar-refractivity contribution in [1.82, 2.24) is 14.9 Å². The van der Waals surface area contributed by atoms with Crippen molar-refractivity contribution in [3.05, 3.63) is 60.4 Å². The van der Waals surface area contributed by atoms with E-state index in [1.807, 2.05) is 48.5 Å². The molecule has 146 valence electrons. The van der Waals surface area contributed by atoms with Crippen LogP contribution in [0.3, 0.4) is 0 Å². The Bertz CT molecular complexity index is 914. The van der Waals surface area contributed by atoms with Gasteiger partial charge in [0.1, 0.15) is 18.2 Å². The van der Waals surface area contributed by atoms with Crippen molar-refractivity contribution >= 4 is 16.9 Å². The summed E-state index contributed by atoms with van der Waals surface area (Å²) >= 11 is 0. The van der Waals surface area contributed by atoms with Gasteiger partial charge in [0.2, 0.25) is 5.91 Å². The number of carbonyl (C=O) groups is 1. The SMILES string of the molecule is O=C(NCc1nc2ccccc2n1CCOc1ccccc1)C1CCCCC1. The molecule has 1 fully saturated rings. The van der Waals surface area contributed by atoms with Crippen molar-refractivity contribution in [2.24, 2.45) is 5.92 Å². The normalized spacial score (nSPS) is 14.9. The molecule has 0 saturated heterocycles. The zero-order valence-corrected chi connectivity index (χ0v) is 16.1. The van der Waals surface area contributed by atoms with Gasteiger partial charge in [0.15, 0.2) is 0 Å². The number of hydrogen-bond donors (Lipinski definition) is 1. The zero-order valence-electron chi connectivity index (χ0n) is 16.1. The molecule has 1 N–H and O–H groups in total. The minimum absolute atomic E-state index is 0.160. The van der Waals surface area contributed by atoms with Gasteiger partial charge in [-0.25, -0.2) is 4.98 Å². The maximum absolute atomic E-state index is 12.5. The first kappa shape index (κ1) is 18.5. The number of nitrogens with zero attached hydrogens (tertiary/aromatic N) is 2. The minimum Gasteiger partial charge on any atom is -0.492 e. The lowest BCUT2D eigenvalue weighted by molar-refractivity contribution is -0.126. The highest BCUT2D eigenvalue weighted by Gasteiger charge is 2.21. The zero-order chi connectivity index (χ0) is 19.2. The molecule has 5 heteroatoms. The molecule has 4 rings (SSSR count). The molecule has 1 saturated carbocycles. The first-order chi connectivity index (χ1) is 13.8. The highest BCUT2D eigenvalue weighted by molar-refractivity contribution is 5.79. The Kier molecular flexibility index (Phi) is 5.90. The van der Waals surface area contributed by atoms with E-state index in [0.29, 0.717) is 19.7 Å². The van der Waals surface area contributed by atoms with Gasteiger partial charge in [0.05, 0.1) is 24.1 Å². The molecule has 0 radical (unpaired) electrons. The molecule has 0 aliphatic heterocycles. The van der Waals surface area contributed by atoms with Crippen molar-refractivity contribution in [2.75, 3.05) is 6.61 Å². The summed E-state index contributed by atoms with van der Waals surface area (Å²) in [4.78, 5) is 17.3. The van der Waals surface area contributed by atoms with Gasteiger partial charge in [-0.05, 0) is 37.1 Å². The number of hydrogen-bond acceptors (Lipinski definition) is 3. The van der Waals surface area contributed by atoms with Gasteiger partial charge in [-0.3, -0.25) is 4.79 Å². The molecule has 0 spiro atoms. The van der Waals surface area contributed by atoms with E-state index < -0.39 is 0 Å². The molecule has 1 aromatic heterocycles. The Morgan fingerprint density at radius 2 is 1.79 bits per heavy atom. The fourth-order valence-corrected chi connectivity index (χ4v) is 3.96. The summed E-state index contributed by atoms with van der Waals surface area (Å²) in [5.41, 5.74) is 2.02. The third kappa shape index (κ3) is 4.35. The van der Waals surface area contributed by atoms with Crippen LogP contribution < -0.4 is 10.1 Å². The topological polar surface area (TPSA) is 56.2 Å². The van der Waals surface area contributed by atoms with Crippen LogP contribution >= 0.6 is 0 Å². The molecule has 1 heterocycles. The van der Waals surface area contributed by atoms with Gasteiger partial charge in [-0.2, -0.15) is 0 Å². The van der Waals surface area contributed by atoms with Gasteiger partial charge >= 0.3 is 0 Å². The fraction of sp³-hybridized carbons (Fsp3) is 0.391. The highest BCUT2D eigenvalue weighted by Crippen LogP contribution is 2.24. The van der Waals surface area contributed by atoms with Crippen LogP contribution in [0.4, 0.5) is 0 Å². The molecule has 1 aliphatic rings. The number of para-hydroxylation sites is 3. The molecule has 28 heavy (non-hydrogen) atoms. The smallest absolute Gasteiger partial charge is 0.223 e. The van der Waals surface area contributed by atoms with Crippen LogP contribution in [0.15, 0.2) is 54.6 Å². The lowest BCUT2D eigenvalue weighted by Crippen LogP contribution is -2.32. The Morgan fingerprint density at radius 3 is 2.61 bits per heavy atom. The second kappa shape index (κ2) is 8.91. The number of fused-ring (bicyclic) bond motifs is 1. The lowest BCUT2D eigenvalue weighted by Gasteiger charge is -2.20. The molecular weight excluding hydrogens is 350 g/mol. The van der Waals surface area contributed by atoms with E-state index in [4.69, 9.17) is 9.72 Å². The van der Waals surface area contributed by atoms with Gasteiger partial charge in [-0.15, -0.1) is 0 Å². The van der Waals surface area contributed by atoms with E-state index in [1.54, 1.807) is 0 Å². The molecule has 0 bridgehead atoms. The maximum atomic E-state index is 12.5. The van der Waals surface area contributed by atoms with Gasteiger partial charge in [0.25, 0.3) is 0 Å². The van der Waals surface area contributed by atoms with Crippen molar-refractivity contribution in [1.29, 1.82) is 0 Å². The van der Waals surface area contributed by atoms with E-state index in [9.17, 15) is 4.79 Å². The van der Waals surface area contributed by atoms with Crippen molar-refractivity contribution in [2.45, 2.75) is 45.2 Å². The number of amides is 1. The number of ether oxygens (including phenoxy) is 1. The van der Waals surface area contributed by atoms with E-state index in [2.05, 4.69) is 16.0 Å². The van der Waals surface area contributed by atoms with Gasteiger partial charge in [-0.1, -0.05) is 49.6 Å². The summed E-state index contributed by atoms with van der Waals surface area (Å²) in [5, 5.41) is 3.12. The van der Waals surface area contributed by atoms with Crippen LogP contribution in [-0.4, -0.2) is 22.1 Å². The number of carbonyl (C=O) groups excluding carboxylic acids is 1. The monoisotopic (exact) mass is 377 g/mol. The summed E-state index contributed by atoms with van der Waals surface area (Å²) in [7, 11) is 0. The van der Waals surface area contributed by atoms with Crippen LogP contribution in [0, 0.1) is 5.92 Å². The maximum Gasteiger partial charge on any atom is 0.223 e. The molecule has 2 aromatic carbocycles. The second-order valence-corrected chi connectivity index (χ2v) is 7.38. The van der Waals surface area contributed by atoms with Crippen LogP contribution in [0.1, 0.15) is 37.9 Å². The summed E-state index contributed by atoms with van der Waals surface area (Å²) in [6.45, 7) is 1.69. The van der Waals surface area contributed by atoms with Crippen molar-refractivity contribution in [3.63, 3.8) is 0 Å². The quantitative estimate of drug-likeness (QED) is 0.667. The van der Waals surface area contributed by atoms with Crippen LogP contribution in [-0.2, 0) is 17.9 Å². The van der Waals surface area contributed by atoms with Crippen LogP contribution in [0.25, 0.3) is 11.0 Å². The van der Waals surface area contributed by atoms with Gasteiger partial charge in [0, 0.05) is 5.92 Å². The largest absolute Gasteiger partial charge is 0.492 e. The predicted octanol–water partition coefficient (Wildman–Crippen LogP) is 4.31. The molecule has 3 aromatic rings. The fourth-order valence-electron chi connectivity index (χ4n) is 3.96. The van der Waals surface area contributed by atoms with Crippen LogP contribution in [0.5, 0.6) is 5.75 Å². The molecular formula is C23H27N3O2. The third-order valence-electron chi connectivity index (χ3n) is 5.46. The molecule has 1 amide bonds. The lowest BCUT2D eigenvalue weighted by atomic mass is 9.89. The molecule has 0 unspecified atom stereocenters. The average molecular weight is 377 g/mol. The Hall–Kier alpha value is -2.82. The number of benzene rings is 2. The van der Waals surface area contributed by atoms with E-state index in [1.165, 1.54) is 6.42 Å². The Labute approximate surface area is 165 Å². The number of rotatable bonds is 7. The molecule has 0 atom stereocenters. The Morgan fingerprint density at radius 1 is 1.04 bits per heavy atom.